The number of carbonyl (C=O) groups is 3. The Morgan fingerprint density at radius 1 is 1.04 bits per heavy atom. The molecule has 25 heavy (non-hydrogen) atoms. The van der Waals surface area contributed by atoms with Crippen LogP contribution in [0, 0.1) is 11.8 Å². The smallest absolute Gasteiger partial charge is 0.244 e. The van der Waals surface area contributed by atoms with Crippen LogP contribution in [0.1, 0.15) is 39.2 Å². The highest BCUT2D eigenvalue weighted by molar-refractivity contribution is 6.08. The second-order valence-corrected chi connectivity index (χ2v) is 7.79. The number of hydrogen-bond donors (Lipinski definition) is 1. The van der Waals surface area contributed by atoms with E-state index >= 15 is 0 Å². The van der Waals surface area contributed by atoms with Crippen LogP contribution in [0.4, 0.5) is 5.69 Å². The molecular weight excluding hydrogens is 316 g/mol. The molecule has 1 aromatic rings. The first kappa shape index (κ1) is 17.4. The maximum atomic E-state index is 12.4. The number of allylic oxidation sites excluding steroid dienone is 2. The predicted octanol–water partition coefficient (Wildman–Crippen LogP) is 2.87. The fourth-order valence-corrected chi connectivity index (χ4v) is 3.42. The lowest BCUT2D eigenvalue weighted by atomic mass is 9.85. The minimum absolute atomic E-state index is 0.0429. The lowest BCUT2D eigenvalue weighted by Gasteiger charge is -2.19. The summed E-state index contributed by atoms with van der Waals surface area (Å²) < 4.78 is 0. The lowest BCUT2D eigenvalue weighted by molar-refractivity contribution is -0.142. The van der Waals surface area contributed by atoms with E-state index in [0.29, 0.717) is 18.5 Å². The van der Waals surface area contributed by atoms with Crippen LogP contribution in [0.25, 0.3) is 0 Å². The van der Waals surface area contributed by atoms with Crippen LogP contribution < -0.4 is 5.32 Å². The van der Waals surface area contributed by atoms with Gasteiger partial charge in [0, 0.05) is 5.69 Å². The number of imide groups is 1. The van der Waals surface area contributed by atoms with Gasteiger partial charge in [0.1, 0.15) is 6.54 Å². The summed E-state index contributed by atoms with van der Waals surface area (Å²) in [5, 5.41) is 2.77. The van der Waals surface area contributed by atoms with E-state index in [4.69, 9.17) is 0 Å². The summed E-state index contributed by atoms with van der Waals surface area (Å²) in [6.07, 6.45) is 5.04. The maximum Gasteiger partial charge on any atom is 0.244 e. The van der Waals surface area contributed by atoms with E-state index in [2.05, 4.69) is 26.1 Å². The van der Waals surface area contributed by atoms with Gasteiger partial charge in [-0.2, -0.15) is 0 Å². The first-order chi connectivity index (χ1) is 11.8. The first-order valence-electron chi connectivity index (χ1n) is 8.68. The third kappa shape index (κ3) is 3.50. The Kier molecular flexibility index (Phi) is 4.50. The van der Waals surface area contributed by atoms with Crippen molar-refractivity contribution in [3.05, 3.63) is 42.0 Å². The van der Waals surface area contributed by atoms with Crippen molar-refractivity contribution in [2.24, 2.45) is 11.8 Å². The van der Waals surface area contributed by atoms with Crippen LogP contribution >= 0.6 is 0 Å². The Morgan fingerprint density at radius 2 is 1.56 bits per heavy atom. The Labute approximate surface area is 148 Å². The van der Waals surface area contributed by atoms with E-state index in [9.17, 15) is 14.4 Å². The first-order valence-corrected chi connectivity index (χ1v) is 8.68. The zero-order valence-electron chi connectivity index (χ0n) is 14.9. The maximum absolute atomic E-state index is 12.4. The topological polar surface area (TPSA) is 66.5 Å². The van der Waals surface area contributed by atoms with Crippen molar-refractivity contribution in [3.63, 3.8) is 0 Å². The van der Waals surface area contributed by atoms with Crippen molar-refractivity contribution < 1.29 is 14.4 Å². The average molecular weight is 340 g/mol. The molecule has 0 unspecified atom stereocenters. The number of carbonyl (C=O) groups excluding carboxylic acids is 3. The highest BCUT2D eigenvalue weighted by Crippen LogP contribution is 2.34. The number of amides is 3. The SMILES string of the molecule is CC(C)(C)c1ccc(NC(=O)CN2C(=O)[C@@H]3CC=CC[C@H]3C2=O)cc1. The second-order valence-electron chi connectivity index (χ2n) is 7.79. The third-order valence-electron chi connectivity index (χ3n) is 4.94. The summed E-state index contributed by atoms with van der Waals surface area (Å²) in [6.45, 7) is 6.16. The van der Waals surface area contributed by atoms with Gasteiger partial charge in [0.05, 0.1) is 11.8 Å². The summed E-state index contributed by atoms with van der Waals surface area (Å²) in [6, 6.07) is 7.63. The predicted molar refractivity (Wildman–Crippen MR) is 95.8 cm³/mol. The van der Waals surface area contributed by atoms with Crippen molar-refractivity contribution in [3.8, 4) is 0 Å². The molecule has 0 aromatic heterocycles. The van der Waals surface area contributed by atoms with Crippen molar-refractivity contribution in [1.29, 1.82) is 0 Å². The molecule has 0 spiro atoms. The number of anilines is 1. The van der Waals surface area contributed by atoms with Crippen LogP contribution in [-0.4, -0.2) is 29.2 Å². The Bertz CT molecular complexity index is 702. The van der Waals surface area contributed by atoms with Crippen molar-refractivity contribution >= 4 is 23.4 Å². The number of fused-ring (bicyclic) bond motifs is 1. The van der Waals surface area contributed by atoms with Gasteiger partial charge >= 0.3 is 0 Å². The van der Waals surface area contributed by atoms with E-state index in [1.165, 1.54) is 5.56 Å². The molecule has 3 rings (SSSR count). The minimum atomic E-state index is -0.350. The van der Waals surface area contributed by atoms with Crippen LogP contribution in [0.2, 0.25) is 0 Å². The molecule has 2 atom stereocenters. The molecule has 2 aliphatic rings. The number of rotatable bonds is 3. The minimum Gasteiger partial charge on any atom is -0.325 e. The molecule has 3 amide bonds. The van der Waals surface area contributed by atoms with Gasteiger partial charge in [-0.3, -0.25) is 19.3 Å². The zero-order chi connectivity index (χ0) is 18.2. The van der Waals surface area contributed by atoms with Gasteiger partial charge in [0.15, 0.2) is 0 Å². The largest absolute Gasteiger partial charge is 0.325 e. The van der Waals surface area contributed by atoms with E-state index in [1.807, 2.05) is 36.4 Å². The second kappa shape index (κ2) is 6.47. The molecule has 1 fully saturated rings. The summed E-state index contributed by atoms with van der Waals surface area (Å²) in [7, 11) is 0. The van der Waals surface area contributed by atoms with Crippen LogP contribution in [0.15, 0.2) is 36.4 Å². The molecule has 0 saturated carbocycles. The van der Waals surface area contributed by atoms with Gasteiger partial charge in [0.2, 0.25) is 17.7 Å². The molecule has 1 aliphatic carbocycles. The van der Waals surface area contributed by atoms with Crippen LogP contribution in [-0.2, 0) is 19.8 Å². The fourth-order valence-electron chi connectivity index (χ4n) is 3.42. The Balaban J connectivity index is 1.63. The van der Waals surface area contributed by atoms with E-state index in [1.54, 1.807) is 0 Å². The van der Waals surface area contributed by atoms with E-state index in [-0.39, 0.29) is 41.5 Å². The van der Waals surface area contributed by atoms with E-state index < -0.39 is 0 Å². The average Bonchev–Trinajstić information content (AvgIpc) is 2.80. The molecule has 0 bridgehead atoms. The molecule has 5 nitrogen and oxygen atoms in total. The van der Waals surface area contributed by atoms with E-state index in [0.717, 1.165) is 4.90 Å². The molecule has 132 valence electrons. The van der Waals surface area contributed by atoms with Crippen LogP contribution in [0.5, 0.6) is 0 Å². The Hall–Kier alpha value is -2.43. The van der Waals surface area contributed by atoms with Crippen molar-refractivity contribution in [2.45, 2.75) is 39.0 Å². The number of likely N-dealkylation sites (tertiary alicyclic amines) is 1. The van der Waals surface area contributed by atoms with Crippen molar-refractivity contribution in [1.82, 2.24) is 4.90 Å². The summed E-state index contributed by atoms with van der Waals surface area (Å²) in [5.74, 6) is -1.39. The molecule has 1 saturated heterocycles. The molecule has 0 radical (unpaired) electrons. The van der Waals surface area contributed by atoms with Crippen LogP contribution in [0.3, 0.4) is 0 Å². The third-order valence-corrected chi connectivity index (χ3v) is 4.94. The number of hydrogen-bond acceptors (Lipinski definition) is 3. The summed E-state index contributed by atoms with van der Waals surface area (Å²) in [4.78, 5) is 38.2. The summed E-state index contributed by atoms with van der Waals surface area (Å²) in [5.41, 5.74) is 1.88. The standard InChI is InChI=1S/C20H24N2O3/c1-20(2,3)13-8-10-14(11-9-13)21-17(23)12-22-18(24)15-6-4-5-7-16(15)19(22)25/h4-5,8-11,15-16H,6-7,12H2,1-3H3,(H,21,23)/t15-,16-/m1/s1. The van der Waals surface area contributed by atoms with Gasteiger partial charge < -0.3 is 5.32 Å². The summed E-state index contributed by atoms with van der Waals surface area (Å²) >= 11 is 0. The number of nitrogens with zero attached hydrogens (tertiary/aromatic N) is 1. The lowest BCUT2D eigenvalue weighted by Crippen LogP contribution is -2.38. The highest BCUT2D eigenvalue weighted by atomic mass is 16.2. The van der Waals surface area contributed by atoms with Crippen molar-refractivity contribution in [2.75, 3.05) is 11.9 Å². The molecule has 1 aliphatic heterocycles. The molecule has 1 aromatic carbocycles. The molecule has 5 heteroatoms. The van der Waals surface area contributed by atoms with Gasteiger partial charge in [0.25, 0.3) is 0 Å². The van der Waals surface area contributed by atoms with Gasteiger partial charge in [-0.25, -0.2) is 0 Å². The fraction of sp³-hybridized carbons (Fsp3) is 0.450. The normalized spacial score (nSPS) is 22.9. The zero-order valence-corrected chi connectivity index (χ0v) is 14.9. The Morgan fingerprint density at radius 3 is 2.04 bits per heavy atom. The molecule has 1 N–H and O–H groups in total. The molecular formula is C20H24N2O3. The molecule has 1 heterocycles. The monoisotopic (exact) mass is 340 g/mol. The quantitative estimate of drug-likeness (QED) is 0.680. The number of nitrogens with one attached hydrogen (secondary N) is 1. The van der Waals surface area contributed by atoms with Gasteiger partial charge in [-0.05, 0) is 36.0 Å². The van der Waals surface area contributed by atoms with Gasteiger partial charge in [-0.1, -0.05) is 45.1 Å². The highest BCUT2D eigenvalue weighted by Gasteiger charge is 2.47. The number of benzene rings is 1. The van der Waals surface area contributed by atoms with Gasteiger partial charge in [-0.15, -0.1) is 0 Å².